The fourth-order valence-electron chi connectivity index (χ4n) is 3.08. The first-order valence-corrected chi connectivity index (χ1v) is 12.4. The standard InChI is InChI=1S/C23H21Cl3N2O4S/c1-32-21-10-9-19(25)12-22(21)33(30,31)28(14-16-5-3-2-4-6-16)15-23(29)27-13-17-7-8-18(24)11-20(17)26/h2-12H,13-15H2,1H3,(H,27,29). The van der Waals surface area contributed by atoms with Crippen molar-refractivity contribution in [2.45, 2.75) is 18.0 Å². The molecule has 0 fully saturated rings. The van der Waals surface area contributed by atoms with Crippen molar-refractivity contribution in [2.24, 2.45) is 0 Å². The maximum Gasteiger partial charge on any atom is 0.247 e. The Morgan fingerprint density at radius 2 is 1.64 bits per heavy atom. The van der Waals surface area contributed by atoms with Crippen LogP contribution in [0.4, 0.5) is 0 Å². The van der Waals surface area contributed by atoms with Gasteiger partial charge in [-0.05, 0) is 41.5 Å². The molecule has 6 nitrogen and oxygen atoms in total. The van der Waals surface area contributed by atoms with Crippen molar-refractivity contribution in [3.05, 3.63) is 92.9 Å². The Balaban J connectivity index is 1.86. The van der Waals surface area contributed by atoms with E-state index in [1.165, 1.54) is 25.3 Å². The first-order chi connectivity index (χ1) is 15.7. The number of hydrogen-bond donors (Lipinski definition) is 1. The van der Waals surface area contributed by atoms with E-state index < -0.39 is 22.5 Å². The molecule has 3 aromatic rings. The average molecular weight is 528 g/mol. The minimum absolute atomic E-state index is 0.0199. The highest BCUT2D eigenvalue weighted by atomic mass is 35.5. The molecule has 0 aliphatic carbocycles. The lowest BCUT2D eigenvalue weighted by Gasteiger charge is -2.23. The van der Waals surface area contributed by atoms with E-state index in [2.05, 4.69) is 5.32 Å². The number of carbonyl (C=O) groups is 1. The SMILES string of the molecule is COc1ccc(Cl)cc1S(=O)(=O)N(CC(=O)NCc1ccc(Cl)cc1Cl)Cc1ccccc1. The molecule has 0 radical (unpaired) electrons. The molecule has 3 aromatic carbocycles. The van der Waals surface area contributed by atoms with Crippen LogP contribution in [-0.2, 0) is 27.9 Å². The molecule has 10 heteroatoms. The van der Waals surface area contributed by atoms with E-state index in [0.717, 1.165) is 9.87 Å². The van der Waals surface area contributed by atoms with Gasteiger partial charge in [0.05, 0.1) is 13.7 Å². The third-order valence-electron chi connectivity index (χ3n) is 4.76. The van der Waals surface area contributed by atoms with Gasteiger partial charge in [0.2, 0.25) is 15.9 Å². The number of methoxy groups -OCH3 is 1. The lowest BCUT2D eigenvalue weighted by Crippen LogP contribution is -2.40. The zero-order valence-corrected chi connectivity index (χ0v) is 20.7. The Morgan fingerprint density at radius 3 is 2.30 bits per heavy atom. The second-order valence-electron chi connectivity index (χ2n) is 7.07. The third-order valence-corrected chi connectivity index (χ3v) is 7.39. The molecule has 3 rings (SSSR count). The summed E-state index contributed by atoms with van der Waals surface area (Å²) in [5.41, 5.74) is 1.37. The maximum atomic E-state index is 13.5. The summed E-state index contributed by atoms with van der Waals surface area (Å²) >= 11 is 18.1. The number of halogens is 3. The van der Waals surface area contributed by atoms with Crippen molar-refractivity contribution in [3.8, 4) is 5.75 Å². The Bertz CT molecular complexity index is 1240. The van der Waals surface area contributed by atoms with Gasteiger partial charge in [0.25, 0.3) is 0 Å². The highest BCUT2D eigenvalue weighted by Crippen LogP contribution is 2.30. The summed E-state index contributed by atoms with van der Waals surface area (Å²) in [6, 6.07) is 18.2. The van der Waals surface area contributed by atoms with Crippen LogP contribution >= 0.6 is 34.8 Å². The monoisotopic (exact) mass is 526 g/mol. The molecule has 0 aliphatic heterocycles. The molecule has 0 saturated heterocycles. The van der Waals surface area contributed by atoms with Crippen LogP contribution in [0.15, 0.2) is 71.6 Å². The van der Waals surface area contributed by atoms with Gasteiger partial charge in [-0.15, -0.1) is 0 Å². The van der Waals surface area contributed by atoms with Gasteiger partial charge in [-0.2, -0.15) is 4.31 Å². The zero-order chi connectivity index (χ0) is 24.0. The molecule has 33 heavy (non-hydrogen) atoms. The summed E-state index contributed by atoms with van der Waals surface area (Å²) in [5, 5.41) is 3.82. The summed E-state index contributed by atoms with van der Waals surface area (Å²) in [4.78, 5) is 12.6. The number of rotatable bonds is 9. The van der Waals surface area contributed by atoms with E-state index in [0.29, 0.717) is 15.6 Å². The van der Waals surface area contributed by atoms with Gasteiger partial charge < -0.3 is 10.1 Å². The smallest absolute Gasteiger partial charge is 0.247 e. The molecule has 0 aromatic heterocycles. The summed E-state index contributed by atoms with van der Waals surface area (Å²) in [6.45, 7) is -0.319. The molecule has 0 saturated carbocycles. The number of carbonyl (C=O) groups excluding carboxylic acids is 1. The largest absolute Gasteiger partial charge is 0.495 e. The lowest BCUT2D eigenvalue weighted by molar-refractivity contribution is -0.121. The highest BCUT2D eigenvalue weighted by molar-refractivity contribution is 7.89. The van der Waals surface area contributed by atoms with Gasteiger partial charge >= 0.3 is 0 Å². The second-order valence-corrected chi connectivity index (χ2v) is 10.3. The molecule has 0 aliphatic rings. The van der Waals surface area contributed by atoms with Crippen molar-refractivity contribution < 1.29 is 17.9 Å². The molecule has 0 spiro atoms. The van der Waals surface area contributed by atoms with E-state index in [4.69, 9.17) is 39.5 Å². The fraction of sp³-hybridized carbons (Fsp3) is 0.174. The van der Waals surface area contributed by atoms with Crippen LogP contribution in [0.1, 0.15) is 11.1 Å². The van der Waals surface area contributed by atoms with Crippen molar-refractivity contribution in [3.63, 3.8) is 0 Å². The van der Waals surface area contributed by atoms with E-state index in [9.17, 15) is 13.2 Å². The average Bonchev–Trinajstić information content (AvgIpc) is 2.78. The van der Waals surface area contributed by atoms with Crippen LogP contribution in [0.25, 0.3) is 0 Å². The highest BCUT2D eigenvalue weighted by Gasteiger charge is 2.30. The van der Waals surface area contributed by atoms with Crippen molar-refractivity contribution >= 4 is 50.7 Å². The number of amides is 1. The van der Waals surface area contributed by atoms with Gasteiger partial charge in [-0.3, -0.25) is 4.79 Å². The van der Waals surface area contributed by atoms with Gasteiger partial charge in [-0.1, -0.05) is 71.2 Å². The maximum absolute atomic E-state index is 13.5. The van der Waals surface area contributed by atoms with Crippen molar-refractivity contribution in [1.29, 1.82) is 0 Å². The predicted molar refractivity (Wildman–Crippen MR) is 130 cm³/mol. The van der Waals surface area contributed by atoms with Crippen molar-refractivity contribution in [2.75, 3.05) is 13.7 Å². The molecular formula is C23H21Cl3N2O4S. The fourth-order valence-corrected chi connectivity index (χ4v) is 5.36. The normalized spacial score (nSPS) is 11.4. The third kappa shape index (κ3) is 6.62. The summed E-state index contributed by atoms with van der Waals surface area (Å²) in [6.07, 6.45) is 0. The minimum Gasteiger partial charge on any atom is -0.495 e. The molecule has 0 bridgehead atoms. The summed E-state index contributed by atoms with van der Waals surface area (Å²) < 4.78 is 33.4. The summed E-state index contributed by atoms with van der Waals surface area (Å²) in [7, 11) is -2.77. The minimum atomic E-state index is -4.14. The lowest BCUT2D eigenvalue weighted by atomic mass is 10.2. The summed E-state index contributed by atoms with van der Waals surface area (Å²) in [5.74, 6) is -0.368. The second kappa shape index (κ2) is 11.2. The van der Waals surface area contributed by atoms with E-state index in [1.54, 1.807) is 42.5 Å². The topological polar surface area (TPSA) is 75.7 Å². The van der Waals surface area contributed by atoms with E-state index in [1.807, 2.05) is 6.07 Å². The Labute approximate surface area is 208 Å². The van der Waals surface area contributed by atoms with E-state index >= 15 is 0 Å². The van der Waals surface area contributed by atoms with Gasteiger partial charge in [-0.25, -0.2) is 8.42 Å². The molecule has 1 N–H and O–H groups in total. The predicted octanol–water partition coefficient (Wildman–Crippen LogP) is 5.16. The number of nitrogens with one attached hydrogen (secondary N) is 1. The van der Waals surface area contributed by atoms with Gasteiger partial charge in [0, 0.05) is 28.2 Å². The Hall–Kier alpha value is -2.29. The molecule has 1 amide bonds. The van der Waals surface area contributed by atoms with Crippen LogP contribution < -0.4 is 10.1 Å². The van der Waals surface area contributed by atoms with E-state index in [-0.39, 0.29) is 28.8 Å². The Morgan fingerprint density at radius 1 is 0.970 bits per heavy atom. The molecule has 174 valence electrons. The van der Waals surface area contributed by atoms with Gasteiger partial charge in [0.15, 0.2) is 0 Å². The van der Waals surface area contributed by atoms with Crippen molar-refractivity contribution in [1.82, 2.24) is 9.62 Å². The number of benzene rings is 3. The Kier molecular flexibility index (Phi) is 8.62. The first-order valence-electron chi connectivity index (χ1n) is 9.79. The van der Waals surface area contributed by atoms with Gasteiger partial charge in [0.1, 0.15) is 10.6 Å². The van der Waals surface area contributed by atoms with Crippen LogP contribution in [0.3, 0.4) is 0 Å². The first kappa shape index (κ1) is 25.3. The number of sulfonamides is 1. The quantitative estimate of drug-likeness (QED) is 0.417. The number of ether oxygens (including phenoxy) is 1. The number of hydrogen-bond acceptors (Lipinski definition) is 4. The molecular weight excluding hydrogens is 507 g/mol. The molecule has 0 unspecified atom stereocenters. The molecule has 0 heterocycles. The number of nitrogens with zero attached hydrogens (tertiary/aromatic N) is 1. The van der Waals surface area contributed by atoms with Crippen LogP contribution in [0.2, 0.25) is 15.1 Å². The van der Waals surface area contributed by atoms with Crippen LogP contribution in [0, 0.1) is 0 Å². The zero-order valence-electron chi connectivity index (χ0n) is 17.6. The molecule has 0 atom stereocenters. The van der Waals surface area contributed by atoms with Crippen LogP contribution in [-0.4, -0.2) is 32.3 Å². The van der Waals surface area contributed by atoms with Crippen LogP contribution in [0.5, 0.6) is 5.75 Å².